The molecule has 2 aliphatic carbocycles. The largest absolute Gasteiger partial charge is 0.495 e. The number of ether oxygens (including phenoxy) is 2. The zero-order valence-electron chi connectivity index (χ0n) is 26.4. The van der Waals surface area contributed by atoms with Gasteiger partial charge in [0.1, 0.15) is 24.2 Å². The predicted octanol–water partition coefficient (Wildman–Crippen LogP) is 2.75. The molecule has 0 radical (unpaired) electrons. The van der Waals surface area contributed by atoms with Gasteiger partial charge in [0.25, 0.3) is 0 Å². The highest BCUT2D eigenvalue weighted by Crippen LogP contribution is 2.30. The Morgan fingerprint density at radius 1 is 0.688 bits per heavy atom. The van der Waals surface area contributed by atoms with Crippen molar-refractivity contribution >= 4 is 35.1 Å². The van der Waals surface area contributed by atoms with Crippen LogP contribution < -0.4 is 29.8 Å². The standard InChI is InChI=1S/C34H34N6O8/c1-45-29-9-5-3-7-23(29)37-33(43)21-11-13-27-25(17-21)35-19-39(27)47-31(41)15-16-32(42)48-40-20-36-26-18-22(12-14-28(26)40)34(44)38-24-8-4-6-10-30(24)46-2/h3-10,15-16,19-22H,11-14,17-18H2,1-2H3,(H,37,43)(H,38,44)/b16-15+. The fourth-order valence-electron chi connectivity index (χ4n) is 5.89. The summed E-state index contributed by atoms with van der Waals surface area (Å²) in [7, 11) is 3.08. The molecule has 2 atom stereocenters. The third-order valence-corrected chi connectivity index (χ3v) is 8.38. The number of para-hydroxylation sites is 4. The van der Waals surface area contributed by atoms with Gasteiger partial charge < -0.3 is 29.8 Å². The number of imidazole rings is 2. The Balaban J connectivity index is 0.992. The van der Waals surface area contributed by atoms with E-state index in [1.165, 1.54) is 22.1 Å². The second kappa shape index (κ2) is 14.2. The summed E-state index contributed by atoms with van der Waals surface area (Å²) >= 11 is 0. The van der Waals surface area contributed by atoms with Gasteiger partial charge in [0.15, 0.2) is 0 Å². The Morgan fingerprint density at radius 3 is 1.52 bits per heavy atom. The van der Waals surface area contributed by atoms with Gasteiger partial charge in [-0.15, -0.1) is 0 Å². The van der Waals surface area contributed by atoms with Gasteiger partial charge in [0.2, 0.25) is 11.8 Å². The molecule has 14 nitrogen and oxygen atoms in total. The number of nitrogens with one attached hydrogen (secondary N) is 2. The maximum Gasteiger partial charge on any atom is 0.356 e. The lowest BCUT2D eigenvalue weighted by atomic mass is 9.89. The number of methoxy groups -OCH3 is 2. The van der Waals surface area contributed by atoms with Crippen molar-refractivity contribution in [1.29, 1.82) is 0 Å². The first kappa shape index (κ1) is 32.0. The molecule has 0 aliphatic heterocycles. The summed E-state index contributed by atoms with van der Waals surface area (Å²) in [5.74, 6) is -1.39. The first-order chi connectivity index (χ1) is 23.3. The number of hydrogen-bond acceptors (Lipinski definition) is 10. The number of hydrogen-bond donors (Lipinski definition) is 2. The van der Waals surface area contributed by atoms with Gasteiger partial charge in [-0.3, -0.25) is 9.59 Å². The molecule has 2 aromatic carbocycles. The van der Waals surface area contributed by atoms with Crippen LogP contribution in [0.3, 0.4) is 0 Å². The lowest BCUT2D eigenvalue weighted by molar-refractivity contribution is -0.141. The van der Waals surface area contributed by atoms with Crippen LogP contribution in [0, 0.1) is 11.8 Å². The van der Waals surface area contributed by atoms with E-state index in [0.29, 0.717) is 84.2 Å². The highest BCUT2D eigenvalue weighted by atomic mass is 16.7. The smallest absolute Gasteiger partial charge is 0.356 e. The molecule has 248 valence electrons. The molecule has 14 heteroatoms. The number of carbonyl (C=O) groups is 4. The van der Waals surface area contributed by atoms with Crippen LogP contribution >= 0.6 is 0 Å². The van der Waals surface area contributed by atoms with E-state index in [0.717, 1.165) is 12.2 Å². The van der Waals surface area contributed by atoms with Gasteiger partial charge >= 0.3 is 11.9 Å². The fourth-order valence-corrected chi connectivity index (χ4v) is 5.89. The number of aromatic nitrogens is 4. The second-order valence-electron chi connectivity index (χ2n) is 11.3. The minimum Gasteiger partial charge on any atom is -0.495 e. The molecule has 0 saturated carbocycles. The van der Waals surface area contributed by atoms with Crippen molar-refractivity contribution in [1.82, 2.24) is 19.4 Å². The number of benzene rings is 2. The van der Waals surface area contributed by atoms with Crippen molar-refractivity contribution in [3.05, 3.63) is 96.1 Å². The molecule has 2 heterocycles. The number of rotatable bonds is 10. The summed E-state index contributed by atoms with van der Waals surface area (Å²) in [6.07, 6.45) is 7.42. The van der Waals surface area contributed by atoms with Crippen LogP contribution in [0.15, 0.2) is 73.3 Å². The lowest BCUT2D eigenvalue weighted by Crippen LogP contribution is -2.30. The number of anilines is 2. The van der Waals surface area contributed by atoms with E-state index in [1.807, 2.05) is 24.3 Å². The maximum atomic E-state index is 12.9. The molecule has 0 fully saturated rings. The van der Waals surface area contributed by atoms with Crippen molar-refractivity contribution in [2.75, 3.05) is 24.9 Å². The average molecular weight is 655 g/mol. The molecule has 2 aromatic heterocycles. The second-order valence-corrected chi connectivity index (χ2v) is 11.3. The first-order valence-electron chi connectivity index (χ1n) is 15.4. The molecule has 2 N–H and O–H groups in total. The van der Waals surface area contributed by atoms with E-state index in [2.05, 4.69) is 20.6 Å². The zero-order valence-corrected chi connectivity index (χ0v) is 26.4. The van der Waals surface area contributed by atoms with E-state index in [1.54, 1.807) is 38.5 Å². The molecule has 0 spiro atoms. The molecular formula is C34H34N6O8. The van der Waals surface area contributed by atoms with E-state index < -0.39 is 11.9 Å². The van der Waals surface area contributed by atoms with Gasteiger partial charge in [-0.05, 0) is 49.9 Å². The van der Waals surface area contributed by atoms with Crippen LogP contribution in [0.4, 0.5) is 11.4 Å². The molecule has 2 unspecified atom stereocenters. The van der Waals surface area contributed by atoms with Crippen molar-refractivity contribution in [2.24, 2.45) is 11.8 Å². The minimum atomic E-state index is -0.806. The Morgan fingerprint density at radius 2 is 1.10 bits per heavy atom. The maximum absolute atomic E-state index is 12.9. The van der Waals surface area contributed by atoms with Gasteiger partial charge in [0.05, 0.1) is 48.4 Å². The van der Waals surface area contributed by atoms with Crippen molar-refractivity contribution in [3.63, 3.8) is 0 Å². The number of amides is 2. The highest BCUT2D eigenvalue weighted by Gasteiger charge is 2.30. The van der Waals surface area contributed by atoms with E-state index in [9.17, 15) is 19.2 Å². The Kier molecular flexibility index (Phi) is 9.50. The zero-order chi connectivity index (χ0) is 33.6. The van der Waals surface area contributed by atoms with Crippen LogP contribution in [0.1, 0.15) is 35.6 Å². The molecular weight excluding hydrogens is 620 g/mol. The van der Waals surface area contributed by atoms with E-state index in [4.69, 9.17) is 19.1 Å². The summed E-state index contributed by atoms with van der Waals surface area (Å²) in [6, 6.07) is 14.4. The number of carbonyl (C=O) groups excluding carboxylic acids is 4. The summed E-state index contributed by atoms with van der Waals surface area (Å²) in [5, 5.41) is 5.83. The predicted molar refractivity (Wildman–Crippen MR) is 171 cm³/mol. The van der Waals surface area contributed by atoms with Crippen LogP contribution in [0.25, 0.3) is 0 Å². The molecule has 48 heavy (non-hydrogen) atoms. The molecule has 2 amide bonds. The van der Waals surface area contributed by atoms with Crippen LogP contribution in [-0.4, -0.2) is 57.4 Å². The lowest BCUT2D eigenvalue weighted by Gasteiger charge is -2.22. The molecule has 4 aromatic rings. The van der Waals surface area contributed by atoms with Gasteiger partial charge in [-0.1, -0.05) is 24.3 Å². The molecule has 2 aliphatic rings. The van der Waals surface area contributed by atoms with Gasteiger partial charge in [-0.25, -0.2) is 19.6 Å². The molecule has 0 bridgehead atoms. The molecule has 0 saturated heterocycles. The topological polar surface area (TPSA) is 165 Å². The van der Waals surface area contributed by atoms with Crippen LogP contribution in [-0.2, 0) is 44.9 Å². The number of fused-ring (bicyclic) bond motifs is 2. The Hall–Kier alpha value is -5.92. The monoisotopic (exact) mass is 654 g/mol. The van der Waals surface area contributed by atoms with Crippen molar-refractivity contribution in [3.8, 4) is 11.5 Å². The summed E-state index contributed by atoms with van der Waals surface area (Å²) in [6.45, 7) is 0. The van der Waals surface area contributed by atoms with Gasteiger partial charge in [0, 0.05) is 36.8 Å². The van der Waals surface area contributed by atoms with Crippen molar-refractivity contribution in [2.45, 2.75) is 38.5 Å². The first-order valence-corrected chi connectivity index (χ1v) is 15.4. The SMILES string of the molecule is COc1ccccc1NC(=O)C1CCc2c(ncn2OC(=O)/C=C/C(=O)On2cnc3c2CCC(C(=O)Nc2ccccc2OC)C3)C1. The van der Waals surface area contributed by atoms with Crippen LogP contribution in [0.5, 0.6) is 11.5 Å². The van der Waals surface area contributed by atoms with E-state index >= 15 is 0 Å². The van der Waals surface area contributed by atoms with Crippen molar-refractivity contribution < 1.29 is 38.3 Å². The summed E-state index contributed by atoms with van der Waals surface area (Å²) < 4.78 is 13.1. The quantitative estimate of drug-likeness (QED) is 0.243. The van der Waals surface area contributed by atoms with Crippen LogP contribution in [0.2, 0.25) is 0 Å². The third-order valence-electron chi connectivity index (χ3n) is 8.38. The third kappa shape index (κ3) is 7.07. The minimum absolute atomic E-state index is 0.147. The summed E-state index contributed by atoms with van der Waals surface area (Å²) in [5.41, 5.74) is 3.85. The summed E-state index contributed by atoms with van der Waals surface area (Å²) in [4.78, 5) is 70.4. The average Bonchev–Trinajstić information content (AvgIpc) is 3.70. The highest BCUT2D eigenvalue weighted by molar-refractivity contribution is 5.95. The van der Waals surface area contributed by atoms with E-state index in [-0.39, 0.29) is 23.7 Å². The fraction of sp³-hybridized carbons (Fsp3) is 0.294. The number of nitrogens with zero attached hydrogens (tertiary/aromatic N) is 4. The Labute approximate surface area is 275 Å². The Bertz CT molecular complexity index is 1740. The van der Waals surface area contributed by atoms with Gasteiger partial charge in [-0.2, -0.15) is 9.46 Å². The normalized spacial score (nSPS) is 16.7. The molecule has 6 rings (SSSR count).